The average Bonchev–Trinajstić information content (AvgIpc) is 2.16. The fraction of sp³-hybridized carbons (Fsp3) is 1.00. The van der Waals surface area contributed by atoms with Gasteiger partial charge >= 0.3 is 0 Å². The predicted molar refractivity (Wildman–Crippen MR) is 61.6 cm³/mol. The molecule has 3 heteroatoms. The molecule has 4 rings (SSSR count). The van der Waals surface area contributed by atoms with Crippen molar-refractivity contribution in [2.75, 3.05) is 39.9 Å². The van der Waals surface area contributed by atoms with Crippen LogP contribution in [-0.4, -0.2) is 55.7 Å². The van der Waals surface area contributed by atoms with Gasteiger partial charge in [-0.25, -0.2) is 0 Å². The summed E-state index contributed by atoms with van der Waals surface area (Å²) in [6.45, 7) is 11.3. The zero-order chi connectivity index (χ0) is 10.6. The molecule has 0 aliphatic carbocycles. The second-order valence-electron chi connectivity index (χ2n) is 6.08. The third-order valence-electron chi connectivity index (χ3n) is 4.97. The van der Waals surface area contributed by atoms with Gasteiger partial charge in [-0.3, -0.25) is 9.80 Å². The smallest absolute Gasteiger partial charge is 0.0506 e. The summed E-state index contributed by atoms with van der Waals surface area (Å²) < 4.78 is 0. The molecule has 4 saturated heterocycles. The number of nitrogens with zero attached hydrogens (tertiary/aromatic N) is 2. The minimum absolute atomic E-state index is 0.508. The fourth-order valence-corrected chi connectivity index (χ4v) is 4.36. The van der Waals surface area contributed by atoms with Crippen molar-refractivity contribution in [2.24, 2.45) is 17.3 Å². The van der Waals surface area contributed by atoms with E-state index in [0.29, 0.717) is 5.41 Å². The van der Waals surface area contributed by atoms with Gasteiger partial charge in [0.05, 0.1) is 6.67 Å². The Morgan fingerprint density at radius 3 is 2.27 bits per heavy atom. The molecule has 4 bridgehead atoms. The first-order valence-electron chi connectivity index (χ1n) is 6.28. The molecule has 4 fully saturated rings. The van der Waals surface area contributed by atoms with E-state index in [-0.39, 0.29) is 0 Å². The van der Waals surface area contributed by atoms with Crippen LogP contribution in [0.15, 0.2) is 0 Å². The Kier molecular flexibility index (Phi) is 2.14. The molecule has 86 valence electrons. The highest BCUT2D eigenvalue weighted by molar-refractivity contribution is 5.10. The summed E-state index contributed by atoms with van der Waals surface area (Å²) in [4.78, 5) is 5.32. The van der Waals surface area contributed by atoms with Crippen molar-refractivity contribution in [3.8, 4) is 0 Å². The van der Waals surface area contributed by atoms with Gasteiger partial charge in [-0.05, 0) is 13.0 Å². The van der Waals surface area contributed by atoms with Gasteiger partial charge in [0.1, 0.15) is 0 Å². The standard InChI is InChI=1S/C12H23N3/c1-9(2)12-6-14-4-10(11(12)13-3)5-15(7-12)8-14/h9-11,13H,4-8H2,1-3H3. The minimum Gasteiger partial charge on any atom is -0.316 e. The summed E-state index contributed by atoms with van der Waals surface area (Å²) in [6, 6.07) is 0.741. The van der Waals surface area contributed by atoms with Crippen LogP contribution in [-0.2, 0) is 0 Å². The Balaban J connectivity index is 1.96. The highest BCUT2D eigenvalue weighted by atomic mass is 15.4. The van der Waals surface area contributed by atoms with E-state index in [1.54, 1.807) is 0 Å². The van der Waals surface area contributed by atoms with Gasteiger partial charge in [0.15, 0.2) is 0 Å². The van der Waals surface area contributed by atoms with E-state index in [1.807, 2.05) is 0 Å². The van der Waals surface area contributed by atoms with E-state index in [1.165, 1.54) is 32.8 Å². The summed E-state index contributed by atoms with van der Waals surface area (Å²) in [5.41, 5.74) is 0.508. The van der Waals surface area contributed by atoms with Gasteiger partial charge in [0.2, 0.25) is 0 Å². The van der Waals surface area contributed by atoms with Crippen LogP contribution in [0.25, 0.3) is 0 Å². The summed E-state index contributed by atoms with van der Waals surface area (Å²) >= 11 is 0. The molecule has 0 saturated carbocycles. The quantitative estimate of drug-likeness (QED) is 0.712. The van der Waals surface area contributed by atoms with E-state index in [2.05, 4.69) is 36.0 Å². The molecule has 0 spiro atoms. The van der Waals surface area contributed by atoms with Crippen molar-refractivity contribution < 1.29 is 0 Å². The van der Waals surface area contributed by atoms with E-state index < -0.39 is 0 Å². The third-order valence-corrected chi connectivity index (χ3v) is 4.97. The first-order chi connectivity index (χ1) is 7.15. The highest BCUT2D eigenvalue weighted by Gasteiger charge is 2.56. The normalized spacial score (nSPS) is 52.8. The Morgan fingerprint density at radius 1 is 1.20 bits per heavy atom. The molecule has 3 atom stereocenters. The van der Waals surface area contributed by atoms with Crippen molar-refractivity contribution in [2.45, 2.75) is 19.9 Å². The van der Waals surface area contributed by atoms with Gasteiger partial charge in [-0.15, -0.1) is 0 Å². The lowest BCUT2D eigenvalue weighted by molar-refractivity contribution is -0.159. The van der Waals surface area contributed by atoms with E-state index in [4.69, 9.17) is 0 Å². The van der Waals surface area contributed by atoms with Crippen molar-refractivity contribution in [3.05, 3.63) is 0 Å². The fourth-order valence-electron chi connectivity index (χ4n) is 4.36. The lowest BCUT2D eigenvalue weighted by atomic mass is 9.61. The van der Waals surface area contributed by atoms with Gasteiger partial charge < -0.3 is 5.32 Å². The van der Waals surface area contributed by atoms with Crippen molar-refractivity contribution in [3.63, 3.8) is 0 Å². The van der Waals surface area contributed by atoms with Crippen LogP contribution in [0.1, 0.15) is 13.8 Å². The topological polar surface area (TPSA) is 18.5 Å². The molecule has 0 aromatic rings. The van der Waals surface area contributed by atoms with Crippen LogP contribution in [0.4, 0.5) is 0 Å². The number of rotatable bonds is 2. The molecule has 0 amide bonds. The molecular weight excluding hydrogens is 186 g/mol. The highest BCUT2D eigenvalue weighted by Crippen LogP contribution is 2.46. The summed E-state index contributed by atoms with van der Waals surface area (Å²) in [6.07, 6.45) is 0. The first kappa shape index (κ1) is 10.1. The van der Waals surface area contributed by atoms with Gasteiger partial charge in [-0.2, -0.15) is 0 Å². The molecule has 1 N–H and O–H groups in total. The molecule has 4 aliphatic rings. The van der Waals surface area contributed by atoms with Crippen molar-refractivity contribution >= 4 is 0 Å². The number of hydrogen-bond acceptors (Lipinski definition) is 3. The third kappa shape index (κ3) is 1.23. The van der Waals surface area contributed by atoms with Crippen LogP contribution >= 0.6 is 0 Å². The predicted octanol–water partition coefficient (Wildman–Crippen LogP) is 0.435. The Hall–Kier alpha value is -0.120. The lowest BCUT2D eigenvalue weighted by Crippen LogP contribution is -2.76. The Bertz CT molecular complexity index is 250. The van der Waals surface area contributed by atoms with E-state index in [9.17, 15) is 0 Å². The molecule has 0 aromatic heterocycles. The lowest BCUT2D eigenvalue weighted by Gasteiger charge is -2.65. The molecule has 0 radical (unpaired) electrons. The molecule has 4 heterocycles. The SMILES string of the molecule is CNC1C2CN3CN(C2)CC1(C(C)C)C3. The maximum absolute atomic E-state index is 3.62. The van der Waals surface area contributed by atoms with E-state index in [0.717, 1.165) is 17.9 Å². The zero-order valence-corrected chi connectivity index (χ0v) is 10.2. The van der Waals surface area contributed by atoms with Crippen molar-refractivity contribution in [1.82, 2.24) is 15.1 Å². The molecule has 3 unspecified atom stereocenters. The maximum atomic E-state index is 3.62. The van der Waals surface area contributed by atoms with Gasteiger partial charge in [0, 0.05) is 43.6 Å². The molecule has 15 heavy (non-hydrogen) atoms. The summed E-state index contributed by atoms with van der Waals surface area (Å²) in [5.74, 6) is 1.64. The van der Waals surface area contributed by atoms with E-state index >= 15 is 0 Å². The van der Waals surface area contributed by atoms with Crippen LogP contribution in [0.2, 0.25) is 0 Å². The Morgan fingerprint density at radius 2 is 1.80 bits per heavy atom. The van der Waals surface area contributed by atoms with Crippen LogP contribution in [0, 0.1) is 17.3 Å². The minimum atomic E-state index is 0.508. The Labute approximate surface area is 92.8 Å². The monoisotopic (exact) mass is 209 g/mol. The number of nitrogens with one attached hydrogen (secondary N) is 1. The van der Waals surface area contributed by atoms with Gasteiger partial charge in [-0.1, -0.05) is 13.8 Å². The molecule has 0 aromatic carbocycles. The number of hydrogen-bond donors (Lipinski definition) is 1. The van der Waals surface area contributed by atoms with Crippen LogP contribution in [0.5, 0.6) is 0 Å². The number of piperidine rings is 2. The summed E-state index contributed by atoms with van der Waals surface area (Å²) in [7, 11) is 2.15. The maximum Gasteiger partial charge on any atom is 0.0506 e. The van der Waals surface area contributed by atoms with Crippen LogP contribution < -0.4 is 5.32 Å². The second-order valence-corrected chi connectivity index (χ2v) is 6.08. The molecule has 4 aliphatic heterocycles. The zero-order valence-electron chi connectivity index (χ0n) is 10.2. The van der Waals surface area contributed by atoms with Crippen molar-refractivity contribution in [1.29, 1.82) is 0 Å². The van der Waals surface area contributed by atoms with Crippen LogP contribution in [0.3, 0.4) is 0 Å². The van der Waals surface area contributed by atoms with Gasteiger partial charge in [0.25, 0.3) is 0 Å². The summed E-state index contributed by atoms with van der Waals surface area (Å²) in [5, 5.41) is 3.62. The molecular formula is C12H23N3. The average molecular weight is 209 g/mol. The molecule has 3 nitrogen and oxygen atoms in total. The first-order valence-corrected chi connectivity index (χ1v) is 6.28. The largest absolute Gasteiger partial charge is 0.316 e. The second kappa shape index (κ2) is 3.19.